The highest BCUT2D eigenvalue weighted by Gasteiger charge is 2.13. The lowest BCUT2D eigenvalue weighted by atomic mass is 10.1. The molecule has 0 aliphatic heterocycles. The Hall–Kier alpha value is -3.22. The van der Waals surface area contributed by atoms with Gasteiger partial charge in [0.25, 0.3) is 5.91 Å². The molecule has 3 aromatic rings. The Morgan fingerprint density at radius 2 is 2.08 bits per heavy atom. The van der Waals surface area contributed by atoms with E-state index >= 15 is 0 Å². The number of primary amides is 1. The minimum absolute atomic E-state index is 0.179. The van der Waals surface area contributed by atoms with Crippen LogP contribution in [0.25, 0.3) is 11.1 Å². The fourth-order valence-electron chi connectivity index (χ4n) is 2.22. The maximum atomic E-state index is 11.4. The number of amides is 1. The van der Waals surface area contributed by atoms with Gasteiger partial charge in [-0.1, -0.05) is 6.07 Å². The van der Waals surface area contributed by atoms with Gasteiger partial charge in [-0.3, -0.25) is 14.5 Å². The second kappa shape index (κ2) is 6.49. The SMILES string of the molecule is Cc1ccc(COc2cnc(C(N)=O)cc2-c2cnn(C)c2)cn1. The molecule has 0 aromatic carbocycles. The smallest absolute Gasteiger partial charge is 0.267 e. The predicted molar refractivity (Wildman–Crippen MR) is 88.3 cm³/mol. The molecule has 7 nitrogen and oxygen atoms in total. The van der Waals surface area contributed by atoms with Crippen molar-refractivity contribution in [3.8, 4) is 16.9 Å². The Bertz CT molecular complexity index is 871. The Labute approximate surface area is 139 Å². The molecule has 3 aromatic heterocycles. The van der Waals surface area contributed by atoms with E-state index in [-0.39, 0.29) is 5.69 Å². The van der Waals surface area contributed by atoms with E-state index in [1.165, 1.54) is 6.20 Å². The lowest BCUT2D eigenvalue weighted by Crippen LogP contribution is -2.13. The van der Waals surface area contributed by atoms with E-state index in [2.05, 4.69) is 15.1 Å². The second-order valence-corrected chi connectivity index (χ2v) is 5.43. The van der Waals surface area contributed by atoms with Crippen LogP contribution in [0.1, 0.15) is 21.7 Å². The average molecular weight is 323 g/mol. The first kappa shape index (κ1) is 15.7. The summed E-state index contributed by atoms with van der Waals surface area (Å²) >= 11 is 0. The van der Waals surface area contributed by atoms with Crippen LogP contribution in [0.4, 0.5) is 0 Å². The largest absolute Gasteiger partial charge is 0.487 e. The molecule has 7 heteroatoms. The molecule has 3 rings (SSSR count). The number of aromatic nitrogens is 4. The number of nitrogens with two attached hydrogens (primary N) is 1. The summed E-state index contributed by atoms with van der Waals surface area (Å²) in [5.74, 6) is -0.0389. The third-order valence-corrected chi connectivity index (χ3v) is 3.50. The van der Waals surface area contributed by atoms with Crippen molar-refractivity contribution in [1.82, 2.24) is 19.7 Å². The third kappa shape index (κ3) is 3.40. The zero-order chi connectivity index (χ0) is 17.1. The zero-order valence-electron chi connectivity index (χ0n) is 13.4. The van der Waals surface area contributed by atoms with E-state index in [9.17, 15) is 4.79 Å². The predicted octanol–water partition coefficient (Wildman–Crippen LogP) is 1.86. The fourth-order valence-corrected chi connectivity index (χ4v) is 2.22. The number of pyridine rings is 2. The first-order chi connectivity index (χ1) is 11.5. The fraction of sp³-hybridized carbons (Fsp3) is 0.176. The van der Waals surface area contributed by atoms with E-state index in [4.69, 9.17) is 10.5 Å². The van der Waals surface area contributed by atoms with Crippen LogP contribution in [-0.4, -0.2) is 25.7 Å². The molecule has 0 aliphatic carbocycles. The van der Waals surface area contributed by atoms with Gasteiger partial charge in [0.2, 0.25) is 0 Å². The van der Waals surface area contributed by atoms with Crippen molar-refractivity contribution in [2.75, 3.05) is 0 Å². The van der Waals surface area contributed by atoms with Crippen LogP contribution in [0.3, 0.4) is 0 Å². The van der Waals surface area contributed by atoms with Crippen LogP contribution < -0.4 is 10.5 Å². The molecule has 3 heterocycles. The molecule has 0 unspecified atom stereocenters. The van der Waals surface area contributed by atoms with Gasteiger partial charge in [-0.25, -0.2) is 4.98 Å². The molecular weight excluding hydrogens is 306 g/mol. The highest BCUT2D eigenvalue weighted by molar-refractivity contribution is 5.92. The molecule has 0 bridgehead atoms. The van der Waals surface area contributed by atoms with Crippen LogP contribution in [0.2, 0.25) is 0 Å². The molecule has 0 atom stereocenters. The zero-order valence-corrected chi connectivity index (χ0v) is 13.4. The first-order valence-electron chi connectivity index (χ1n) is 7.36. The number of hydrogen-bond donors (Lipinski definition) is 1. The summed E-state index contributed by atoms with van der Waals surface area (Å²) < 4.78 is 7.54. The molecule has 2 N–H and O–H groups in total. The Balaban J connectivity index is 1.91. The summed E-state index contributed by atoms with van der Waals surface area (Å²) in [6, 6.07) is 5.49. The summed E-state index contributed by atoms with van der Waals surface area (Å²) in [5.41, 5.74) is 8.92. The second-order valence-electron chi connectivity index (χ2n) is 5.43. The van der Waals surface area contributed by atoms with Crippen LogP contribution in [0.15, 0.2) is 43.0 Å². The van der Waals surface area contributed by atoms with Crippen molar-refractivity contribution in [3.63, 3.8) is 0 Å². The Kier molecular flexibility index (Phi) is 4.24. The molecule has 122 valence electrons. The van der Waals surface area contributed by atoms with Crippen molar-refractivity contribution < 1.29 is 9.53 Å². The number of nitrogens with zero attached hydrogens (tertiary/aromatic N) is 4. The standard InChI is InChI=1S/C17H17N5O2/c1-11-3-4-12(6-19-11)10-24-16-8-20-15(17(18)23)5-14(16)13-7-21-22(2)9-13/h3-9H,10H2,1-2H3,(H2,18,23). The lowest BCUT2D eigenvalue weighted by Gasteiger charge is -2.11. The summed E-state index contributed by atoms with van der Waals surface area (Å²) in [6.07, 6.45) is 6.80. The third-order valence-electron chi connectivity index (χ3n) is 3.50. The lowest BCUT2D eigenvalue weighted by molar-refractivity contribution is 0.0995. The van der Waals surface area contributed by atoms with Gasteiger partial charge in [-0.15, -0.1) is 0 Å². The highest BCUT2D eigenvalue weighted by atomic mass is 16.5. The van der Waals surface area contributed by atoms with E-state index in [1.54, 1.807) is 23.1 Å². The van der Waals surface area contributed by atoms with E-state index < -0.39 is 5.91 Å². The first-order valence-corrected chi connectivity index (χ1v) is 7.36. The van der Waals surface area contributed by atoms with Crippen LogP contribution >= 0.6 is 0 Å². The molecule has 0 aliphatic rings. The number of ether oxygens (including phenoxy) is 1. The number of rotatable bonds is 5. The molecule has 0 radical (unpaired) electrons. The van der Waals surface area contributed by atoms with Gasteiger partial charge in [-0.2, -0.15) is 5.10 Å². The van der Waals surface area contributed by atoms with Crippen LogP contribution in [-0.2, 0) is 13.7 Å². The number of carbonyl (C=O) groups is 1. The van der Waals surface area contributed by atoms with Gasteiger partial charge in [-0.05, 0) is 19.1 Å². The number of carbonyl (C=O) groups excluding carboxylic acids is 1. The van der Waals surface area contributed by atoms with Gasteiger partial charge < -0.3 is 10.5 Å². The van der Waals surface area contributed by atoms with Gasteiger partial charge >= 0.3 is 0 Å². The summed E-state index contributed by atoms with van der Waals surface area (Å²) in [4.78, 5) is 19.7. The van der Waals surface area contributed by atoms with Gasteiger partial charge in [0, 0.05) is 41.8 Å². The number of hydrogen-bond acceptors (Lipinski definition) is 5. The normalized spacial score (nSPS) is 10.6. The van der Waals surface area contributed by atoms with Crippen molar-refractivity contribution in [2.45, 2.75) is 13.5 Å². The summed E-state index contributed by atoms with van der Waals surface area (Å²) in [6.45, 7) is 2.27. The maximum Gasteiger partial charge on any atom is 0.267 e. The summed E-state index contributed by atoms with van der Waals surface area (Å²) in [5, 5.41) is 4.15. The molecule has 24 heavy (non-hydrogen) atoms. The Morgan fingerprint density at radius 1 is 1.25 bits per heavy atom. The van der Waals surface area contributed by atoms with Crippen molar-refractivity contribution >= 4 is 5.91 Å². The summed E-state index contributed by atoms with van der Waals surface area (Å²) in [7, 11) is 1.82. The van der Waals surface area contributed by atoms with Crippen LogP contribution in [0.5, 0.6) is 5.75 Å². The molecule has 1 amide bonds. The minimum atomic E-state index is -0.588. The van der Waals surface area contributed by atoms with Gasteiger partial charge in [0.05, 0.1) is 12.4 Å². The van der Waals surface area contributed by atoms with Gasteiger partial charge in [0.15, 0.2) is 0 Å². The van der Waals surface area contributed by atoms with Crippen molar-refractivity contribution in [2.24, 2.45) is 12.8 Å². The van der Waals surface area contributed by atoms with Crippen molar-refractivity contribution in [3.05, 3.63) is 59.9 Å². The van der Waals surface area contributed by atoms with E-state index in [1.807, 2.05) is 32.3 Å². The van der Waals surface area contributed by atoms with E-state index in [0.29, 0.717) is 17.9 Å². The molecule has 0 saturated heterocycles. The maximum absolute atomic E-state index is 11.4. The van der Waals surface area contributed by atoms with Crippen LogP contribution in [0, 0.1) is 6.92 Å². The molecule has 0 fully saturated rings. The minimum Gasteiger partial charge on any atom is -0.487 e. The highest BCUT2D eigenvalue weighted by Crippen LogP contribution is 2.30. The van der Waals surface area contributed by atoms with E-state index in [0.717, 1.165) is 16.8 Å². The van der Waals surface area contributed by atoms with Gasteiger partial charge in [0.1, 0.15) is 18.1 Å². The average Bonchev–Trinajstić information content (AvgIpc) is 3.00. The molecule has 0 spiro atoms. The molecule has 0 saturated carbocycles. The Morgan fingerprint density at radius 3 is 2.71 bits per heavy atom. The monoisotopic (exact) mass is 323 g/mol. The number of aryl methyl sites for hydroxylation is 2. The quantitative estimate of drug-likeness (QED) is 0.773. The molecular formula is C17H17N5O2. The topological polar surface area (TPSA) is 95.9 Å². The van der Waals surface area contributed by atoms with Crippen molar-refractivity contribution in [1.29, 1.82) is 0 Å².